The molecule has 16 heavy (non-hydrogen) atoms. The van der Waals surface area contributed by atoms with E-state index in [-0.39, 0.29) is 12.3 Å². The van der Waals surface area contributed by atoms with Crippen molar-refractivity contribution in [1.29, 1.82) is 0 Å². The number of likely N-dealkylation sites (tertiary alicyclic amines) is 1. The molecule has 1 saturated heterocycles. The molecule has 0 N–H and O–H groups in total. The SMILES string of the molecule is [2H][C@@](C=O)(CCC)CC(=O)N1CCCCCC1. The molecule has 0 bridgehead atoms. The van der Waals surface area contributed by atoms with Gasteiger partial charge in [0.25, 0.3) is 0 Å². The highest BCUT2D eigenvalue weighted by Crippen LogP contribution is 2.14. The zero-order chi connectivity index (χ0) is 12.7. The lowest BCUT2D eigenvalue weighted by Gasteiger charge is -2.21. The van der Waals surface area contributed by atoms with Crippen molar-refractivity contribution in [2.75, 3.05) is 13.1 Å². The fourth-order valence-electron chi connectivity index (χ4n) is 2.14. The van der Waals surface area contributed by atoms with Crippen LogP contribution in [-0.4, -0.2) is 30.2 Å². The Labute approximate surface area is 99.6 Å². The normalized spacial score (nSPS) is 21.8. The number of amides is 1. The van der Waals surface area contributed by atoms with Gasteiger partial charge in [0.2, 0.25) is 5.91 Å². The highest BCUT2D eigenvalue weighted by atomic mass is 16.2. The van der Waals surface area contributed by atoms with E-state index in [1.54, 1.807) is 0 Å². The van der Waals surface area contributed by atoms with Gasteiger partial charge in [-0.2, -0.15) is 0 Å². The van der Waals surface area contributed by atoms with Gasteiger partial charge >= 0.3 is 0 Å². The van der Waals surface area contributed by atoms with Gasteiger partial charge in [-0.05, 0) is 19.3 Å². The van der Waals surface area contributed by atoms with Gasteiger partial charge in [0.15, 0.2) is 0 Å². The molecule has 1 heterocycles. The van der Waals surface area contributed by atoms with Crippen LogP contribution in [0.15, 0.2) is 0 Å². The van der Waals surface area contributed by atoms with Crippen molar-refractivity contribution < 1.29 is 11.0 Å². The van der Waals surface area contributed by atoms with Crippen molar-refractivity contribution in [1.82, 2.24) is 4.90 Å². The molecule has 3 nitrogen and oxygen atoms in total. The molecule has 1 atom stereocenters. The van der Waals surface area contributed by atoms with E-state index in [1.807, 2.05) is 11.8 Å². The summed E-state index contributed by atoms with van der Waals surface area (Å²) in [6.07, 6.45) is 6.36. The average Bonchev–Trinajstić information content (AvgIpc) is 2.57. The minimum absolute atomic E-state index is 0.0255. The summed E-state index contributed by atoms with van der Waals surface area (Å²) in [6.45, 7) is 3.52. The largest absolute Gasteiger partial charge is 0.343 e. The minimum Gasteiger partial charge on any atom is -0.343 e. The van der Waals surface area contributed by atoms with E-state index in [4.69, 9.17) is 1.37 Å². The summed E-state index contributed by atoms with van der Waals surface area (Å²) in [6, 6.07) is 0. The summed E-state index contributed by atoms with van der Waals surface area (Å²) >= 11 is 0. The Hall–Kier alpha value is -0.860. The van der Waals surface area contributed by atoms with Crippen LogP contribution in [0.4, 0.5) is 0 Å². The summed E-state index contributed by atoms with van der Waals surface area (Å²) in [5.74, 6) is -1.24. The van der Waals surface area contributed by atoms with Crippen LogP contribution in [0.2, 0.25) is 0 Å². The molecule has 0 radical (unpaired) electrons. The molecular weight excluding hydrogens is 202 g/mol. The lowest BCUT2D eigenvalue weighted by Crippen LogP contribution is -2.33. The van der Waals surface area contributed by atoms with Gasteiger partial charge in [0.1, 0.15) is 6.29 Å². The van der Waals surface area contributed by atoms with E-state index < -0.39 is 5.89 Å². The number of rotatable bonds is 5. The van der Waals surface area contributed by atoms with Gasteiger partial charge in [-0.25, -0.2) is 0 Å². The second-order valence-corrected chi connectivity index (χ2v) is 4.50. The Morgan fingerprint density at radius 2 is 2.00 bits per heavy atom. The predicted octanol–water partition coefficient (Wildman–Crippen LogP) is 2.39. The molecule has 1 rings (SSSR count). The standard InChI is InChI=1S/C13H23NO2/c1-2-7-12(11-15)10-13(16)14-8-5-3-4-6-9-14/h11-12H,2-10H2,1H3/t12-/m1/s1/i12D. The lowest BCUT2D eigenvalue weighted by molar-refractivity contribution is -0.133. The topological polar surface area (TPSA) is 37.4 Å². The number of nitrogens with zero attached hydrogens (tertiary/aromatic N) is 1. The molecule has 0 aromatic carbocycles. The predicted molar refractivity (Wildman–Crippen MR) is 64.1 cm³/mol. The number of hydrogen-bond donors (Lipinski definition) is 0. The van der Waals surface area contributed by atoms with Crippen LogP contribution in [-0.2, 0) is 9.59 Å². The molecular formula is C13H23NO2. The monoisotopic (exact) mass is 226 g/mol. The zero-order valence-electron chi connectivity index (χ0n) is 11.2. The van der Waals surface area contributed by atoms with Gasteiger partial charge < -0.3 is 9.69 Å². The van der Waals surface area contributed by atoms with Crippen LogP contribution in [0.1, 0.15) is 53.2 Å². The van der Waals surface area contributed by atoms with Crippen LogP contribution in [0.25, 0.3) is 0 Å². The maximum Gasteiger partial charge on any atom is 0.223 e. The van der Waals surface area contributed by atoms with Crippen molar-refractivity contribution in [2.45, 2.75) is 51.9 Å². The summed E-state index contributed by atoms with van der Waals surface area (Å²) in [7, 11) is 0. The van der Waals surface area contributed by atoms with Gasteiger partial charge in [-0.15, -0.1) is 0 Å². The Kier molecular flexibility index (Phi) is 5.39. The summed E-state index contributed by atoms with van der Waals surface area (Å²) in [5.41, 5.74) is 0. The van der Waals surface area contributed by atoms with E-state index in [0.717, 1.165) is 32.4 Å². The molecule has 1 aliphatic rings. The smallest absolute Gasteiger partial charge is 0.223 e. The first-order chi connectivity index (χ1) is 8.11. The number of carbonyl (C=O) groups is 2. The highest BCUT2D eigenvalue weighted by molar-refractivity contribution is 5.79. The second kappa shape index (κ2) is 7.42. The van der Waals surface area contributed by atoms with E-state index in [0.29, 0.717) is 12.7 Å². The number of aldehydes is 1. The highest BCUT2D eigenvalue weighted by Gasteiger charge is 2.19. The van der Waals surface area contributed by atoms with Gasteiger partial charge in [-0.3, -0.25) is 4.79 Å². The first-order valence-corrected chi connectivity index (χ1v) is 6.35. The maximum atomic E-state index is 12.0. The van der Waals surface area contributed by atoms with Crippen LogP contribution in [0, 0.1) is 5.89 Å². The molecule has 0 aliphatic carbocycles. The molecule has 92 valence electrons. The average molecular weight is 226 g/mol. The van der Waals surface area contributed by atoms with Gasteiger partial charge in [0, 0.05) is 26.8 Å². The first-order valence-electron chi connectivity index (χ1n) is 6.85. The molecule has 0 unspecified atom stereocenters. The van der Waals surface area contributed by atoms with E-state index in [9.17, 15) is 9.59 Å². The molecule has 1 fully saturated rings. The van der Waals surface area contributed by atoms with Gasteiger partial charge in [0.05, 0.1) is 0 Å². The van der Waals surface area contributed by atoms with Crippen molar-refractivity contribution in [3.05, 3.63) is 0 Å². The molecule has 0 aromatic rings. The van der Waals surface area contributed by atoms with Crippen molar-refractivity contribution in [3.8, 4) is 0 Å². The van der Waals surface area contributed by atoms with Crippen molar-refractivity contribution in [3.63, 3.8) is 0 Å². The Morgan fingerprint density at radius 1 is 1.38 bits per heavy atom. The third-order valence-electron chi connectivity index (χ3n) is 3.07. The van der Waals surface area contributed by atoms with Gasteiger partial charge in [-0.1, -0.05) is 26.2 Å². The lowest BCUT2D eigenvalue weighted by atomic mass is 10.0. The van der Waals surface area contributed by atoms with Crippen LogP contribution < -0.4 is 0 Å². The summed E-state index contributed by atoms with van der Waals surface area (Å²) < 4.78 is 7.96. The third-order valence-corrected chi connectivity index (χ3v) is 3.07. The first kappa shape index (κ1) is 11.6. The number of hydrogen-bond acceptors (Lipinski definition) is 2. The fourth-order valence-corrected chi connectivity index (χ4v) is 2.14. The molecule has 0 spiro atoms. The quantitative estimate of drug-likeness (QED) is 0.675. The van der Waals surface area contributed by atoms with Crippen molar-refractivity contribution in [2.24, 2.45) is 5.89 Å². The van der Waals surface area contributed by atoms with E-state index >= 15 is 0 Å². The maximum absolute atomic E-state index is 12.0. The number of carbonyl (C=O) groups excluding carboxylic acids is 2. The third kappa shape index (κ3) is 4.33. The van der Waals surface area contributed by atoms with E-state index in [1.165, 1.54) is 12.8 Å². The zero-order valence-corrected chi connectivity index (χ0v) is 10.2. The molecule has 1 aliphatic heterocycles. The van der Waals surface area contributed by atoms with Crippen LogP contribution in [0.3, 0.4) is 0 Å². The summed E-state index contributed by atoms with van der Waals surface area (Å²) in [4.78, 5) is 24.8. The second-order valence-electron chi connectivity index (χ2n) is 4.50. The van der Waals surface area contributed by atoms with Crippen LogP contribution >= 0.6 is 0 Å². The van der Waals surface area contributed by atoms with Crippen molar-refractivity contribution >= 4 is 12.2 Å². The molecule has 0 aromatic heterocycles. The fraction of sp³-hybridized carbons (Fsp3) is 0.846. The Morgan fingerprint density at radius 3 is 2.50 bits per heavy atom. The molecule has 3 heteroatoms. The summed E-state index contributed by atoms with van der Waals surface area (Å²) in [5, 5.41) is 0. The van der Waals surface area contributed by atoms with Crippen LogP contribution in [0.5, 0.6) is 0 Å². The molecule has 0 saturated carbocycles. The Bertz CT molecular complexity index is 262. The minimum atomic E-state index is -1.21. The molecule has 1 amide bonds. The Balaban J connectivity index is 2.53. The van der Waals surface area contributed by atoms with E-state index in [2.05, 4.69) is 0 Å².